The number of ether oxygens (including phenoxy) is 1. The monoisotopic (exact) mass is 251 g/mol. The highest BCUT2D eigenvalue weighted by Gasteiger charge is 2.09. The van der Waals surface area contributed by atoms with E-state index in [4.69, 9.17) is 4.74 Å². The highest BCUT2D eigenvalue weighted by atomic mass is 32.1. The second-order valence-electron chi connectivity index (χ2n) is 3.68. The maximum absolute atomic E-state index is 4.94. The molecule has 2 heterocycles. The van der Waals surface area contributed by atoms with E-state index in [2.05, 4.69) is 24.9 Å². The third kappa shape index (κ3) is 2.88. The van der Waals surface area contributed by atoms with Crippen molar-refractivity contribution in [2.45, 2.75) is 19.9 Å². The Morgan fingerprint density at radius 1 is 1.29 bits per heavy atom. The molecule has 0 saturated heterocycles. The van der Waals surface area contributed by atoms with E-state index in [0.717, 1.165) is 5.13 Å². The van der Waals surface area contributed by atoms with Crippen molar-refractivity contribution in [3.8, 4) is 17.4 Å². The van der Waals surface area contributed by atoms with Gasteiger partial charge in [-0.3, -0.25) is 0 Å². The summed E-state index contributed by atoms with van der Waals surface area (Å²) < 4.78 is 9.16. The maximum atomic E-state index is 4.94. The molecule has 0 unspecified atom stereocenters. The number of nitrogens with zero attached hydrogens (tertiary/aromatic N) is 4. The highest BCUT2D eigenvalue weighted by molar-refractivity contribution is 7.09. The Hall–Kier alpha value is -1.76. The van der Waals surface area contributed by atoms with Crippen LogP contribution in [0.5, 0.6) is 5.88 Å². The van der Waals surface area contributed by atoms with Crippen LogP contribution in [0.2, 0.25) is 0 Å². The van der Waals surface area contributed by atoms with Gasteiger partial charge in [-0.25, -0.2) is 0 Å². The van der Waals surface area contributed by atoms with Gasteiger partial charge in [0.05, 0.1) is 7.11 Å². The zero-order valence-corrected chi connectivity index (χ0v) is 10.7. The van der Waals surface area contributed by atoms with Crippen molar-refractivity contribution in [2.75, 3.05) is 12.4 Å². The van der Waals surface area contributed by atoms with Crippen molar-refractivity contribution >= 4 is 16.7 Å². The first-order valence-corrected chi connectivity index (χ1v) is 5.94. The number of rotatable bonds is 4. The first-order valence-electron chi connectivity index (χ1n) is 5.17. The van der Waals surface area contributed by atoms with E-state index in [9.17, 15) is 0 Å². The Bertz CT molecular complexity index is 482. The normalized spacial score (nSPS) is 10.6. The van der Waals surface area contributed by atoms with Crippen LogP contribution < -0.4 is 10.1 Å². The predicted octanol–water partition coefficient (Wildman–Crippen LogP) is 1.82. The molecule has 7 heteroatoms. The lowest BCUT2D eigenvalue weighted by Crippen LogP contribution is -2.09. The maximum Gasteiger partial charge on any atom is 0.233 e. The zero-order chi connectivity index (χ0) is 12.3. The van der Waals surface area contributed by atoms with Crippen LogP contribution in [0.15, 0.2) is 12.1 Å². The fraction of sp³-hybridized carbons (Fsp3) is 0.400. The number of methoxy groups -OCH3 is 1. The van der Waals surface area contributed by atoms with Crippen LogP contribution in [0.1, 0.15) is 13.8 Å². The zero-order valence-electron chi connectivity index (χ0n) is 9.84. The van der Waals surface area contributed by atoms with Gasteiger partial charge in [0.15, 0.2) is 5.82 Å². The van der Waals surface area contributed by atoms with Crippen molar-refractivity contribution in [1.29, 1.82) is 0 Å². The summed E-state index contributed by atoms with van der Waals surface area (Å²) in [6.07, 6.45) is 0. The SMILES string of the molecule is COc1ccc(-c2nsc(NC(C)C)n2)nn1. The topological polar surface area (TPSA) is 72.8 Å². The van der Waals surface area contributed by atoms with Gasteiger partial charge < -0.3 is 10.1 Å². The second kappa shape index (κ2) is 5.05. The van der Waals surface area contributed by atoms with Gasteiger partial charge in [0.1, 0.15) is 5.69 Å². The minimum Gasteiger partial charge on any atom is -0.480 e. The number of hydrogen-bond donors (Lipinski definition) is 1. The Labute approximate surface area is 103 Å². The average molecular weight is 251 g/mol. The Kier molecular flexibility index (Phi) is 3.48. The summed E-state index contributed by atoms with van der Waals surface area (Å²) in [5, 5.41) is 11.8. The van der Waals surface area contributed by atoms with E-state index in [0.29, 0.717) is 23.4 Å². The summed E-state index contributed by atoms with van der Waals surface area (Å²) in [5.41, 5.74) is 0.638. The van der Waals surface area contributed by atoms with Crippen LogP contribution in [0, 0.1) is 0 Å². The number of hydrogen-bond acceptors (Lipinski definition) is 7. The van der Waals surface area contributed by atoms with E-state index < -0.39 is 0 Å². The lowest BCUT2D eigenvalue weighted by atomic mass is 10.4. The molecule has 0 atom stereocenters. The molecule has 1 N–H and O–H groups in total. The molecule has 17 heavy (non-hydrogen) atoms. The summed E-state index contributed by atoms with van der Waals surface area (Å²) in [6, 6.07) is 3.85. The minimum atomic E-state index is 0.331. The molecule has 0 aliphatic heterocycles. The van der Waals surface area contributed by atoms with Gasteiger partial charge in [0, 0.05) is 23.6 Å². The standard InChI is InChI=1S/C10H13N5OS/c1-6(2)11-10-12-9(15-17-10)7-4-5-8(16-3)14-13-7/h4-6H,1-3H3,(H,11,12,15). The summed E-state index contributed by atoms with van der Waals surface area (Å²) in [6.45, 7) is 4.10. The lowest BCUT2D eigenvalue weighted by Gasteiger charge is -2.03. The van der Waals surface area contributed by atoms with E-state index >= 15 is 0 Å². The summed E-state index contributed by atoms with van der Waals surface area (Å²) in [7, 11) is 1.55. The second-order valence-corrected chi connectivity index (χ2v) is 4.43. The summed E-state index contributed by atoms with van der Waals surface area (Å²) >= 11 is 1.31. The molecule has 0 saturated carbocycles. The first-order chi connectivity index (χ1) is 8.19. The van der Waals surface area contributed by atoms with Gasteiger partial charge in [-0.2, -0.15) is 9.36 Å². The molecule has 0 bridgehead atoms. The van der Waals surface area contributed by atoms with Gasteiger partial charge in [0.25, 0.3) is 0 Å². The van der Waals surface area contributed by atoms with E-state index in [1.54, 1.807) is 19.2 Å². The molecule has 90 valence electrons. The molecule has 0 aliphatic rings. The van der Waals surface area contributed by atoms with Crippen LogP contribution in [-0.2, 0) is 0 Å². The van der Waals surface area contributed by atoms with Gasteiger partial charge in [-0.1, -0.05) is 0 Å². The third-order valence-electron chi connectivity index (χ3n) is 1.92. The number of nitrogens with one attached hydrogen (secondary N) is 1. The Morgan fingerprint density at radius 2 is 2.12 bits per heavy atom. The molecule has 6 nitrogen and oxygen atoms in total. The van der Waals surface area contributed by atoms with Crippen LogP contribution in [0.25, 0.3) is 11.5 Å². The molecule has 0 aromatic carbocycles. The molecule has 0 amide bonds. The average Bonchev–Trinajstić information content (AvgIpc) is 2.77. The number of anilines is 1. The molecule has 2 aromatic rings. The highest BCUT2D eigenvalue weighted by Crippen LogP contribution is 2.20. The van der Waals surface area contributed by atoms with Crippen molar-refractivity contribution in [1.82, 2.24) is 19.6 Å². The van der Waals surface area contributed by atoms with E-state index in [1.807, 2.05) is 13.8 Å². The van der Waals surface area contributed by atoms with E-state index in [1.165, 1.54) is 11.5 Å². The first kappa shape index (κ1) is 11.7. The third-order valence-corrected chi connectivity index (χ3v) is 2.56. The summed E-state index contributed by atoms with van der Waals surface area (Å²) in [5.74, 6) is 1.05. The van der Waals surface area contributed by atoms with Crippen LogP contribution in [0.4, 0.5) is 5.13 Å². The minimum absolute atomic E-state index is 0.331. The summed E-state index contributed by atoms with van der Waals surface area (Å²) in [4.78, 5) is 4.33. The van der Waals surface area contributed by atoms with Crippen molar-refractivity contribution in [3.05, 3.63) is 12.1 Å². The predicted molar refractivity (Wildman–Crippen MR) is 66.2 cm³/mol. The smallest absolute Gasteiger partial charge is 0.233 e. The molecule has 0 radical (unpaired) electrons. The van der Waals surface area contributed by atoms with Gasteiger partial charge in [0.2, 0.25) is 11.0 Å². The van der Waals surface area contributed by atoms with E-state index in [-0.39, 0.29) is 0 Å². The Balaban J connectivity index is 2.18. The molecule has 0 spiro atoms. The molecule has 2 rings (SSSR count). The van der Waals surface area contributed by atoms with Crippen LogP contribution in [-0.4, -0.2) is 32.7 Å². The molecular weight excluding hydrogens is 238 g/mol. The lowest BCUT2D eigenvalue weighted by molar-refractivity contribution is 0.392. The fourth-order valence-corrected chi connectivity index (χ4v) is 1.90. The van der Waals surface area contributed by atoms with Crippen LogP contribution >= 0.6 is 11.5 Å². The van der Waals surface area contributed by atoms with Gasteiger partial charge in [-0.15, -0.1) is 10.2 Å². The quantitative estimate of drug-likeness (QED) is 0.893. The largest absolute Gasteiger partial charge is 0.480 e. The van der Waals surface area contributed by atoms with Crippen molar-refractivity contribution in [3.63, 3.8) is 0 Å². The molecular formula is C10H13N5OS. The van der Waals surface area contributed by atoms with Gasteiger partial charge >= 0.3 is 0 Å². The van der Waals surface area contributed by atoms with Crippen LogP contribution in [0.3, 0.4) is 0 Å². The molecule has 2 aromatic heterocycles. The Morgan fingerprint density at radius 3 is 2.71 bits per heavy atom. The number of aromatic nitrogens is 4. The fourth-order valence-electron chi connectivity index (χ4n) is 1.18. The van der Waals surface area contributed by atoms with Crippen molar-refractivity contribution in [2.24, 2.45) is 0 Å². The molecule has 0 fully saturated rings. The molecule has 0 aliphatic carbocycles. The van der Waals surface area contributed by atoms with Crippen molar-refractivity contribution < 1.29 is 4.74 Å². The van der Waals surface area contributed by atoms with Gasteiger partial charge in [-0.05, 0) is 19.9 Å².